The van der Waals surface area contributed by atoms with Crippen molar-refractivity contribution >= 4 is 47.4 Å². The Morgan fingerprint density at radius 2 is 2.05 bits per heavy atom. The number of thioether (sulfide) groups is 2. The zero-order valence-electron chi connectivity index (χ0n) is 22.3. The van der Waals surface area contributed by atoms with E-state index >= 15 is 0 Å². The highest BCUT2D eigenvalue weighted by Crippen LogP contribution is 2.44. The van der Waals surface area contributed by atoms with Crippen LogP contribution in [-0.2, 0) is 32.8 Å². The summed E-state index contributed by atoms with van der Waals surface area (Å²) in [6.07, 6.45) is 0.604. The number of ether oxygens (including phenoxy) is 2. The number of aryl methyl sites for hydroxylation is 1. The fourth-order valence-electron chi connectivity index (χ4n) is 4.24. The van der Waals surface area contributed by atoms with E-state index in [-0.39, 0.29) is 41.7 Å². The Hall–Kier alpha value is -4.51. The normalized spacial score (nSPS) is 18.5. The van der Waals surface area contributed by atoms with Crippen LogP contribution >= 0.6 is 23.5 Å². The van der Waals surface area contributed by atoms with Crippen molar-refractivity contribution in [2.75, 3.05) is 12.9 Å². The molecular formula is C25H25N7O8S2. The van der Waals surface area contributed by atoms with E-state index in [4.69, 9.17) is 13.9 Å². The number of carbonyl (C=O) groups is 4. The highest BCUT2D eigenvalue weighted by atomic mass is 32.2. The van der Waals surface area contributed by atoms with E-state index in [0.717, 1.165) is 11.8 Å². The molecule has 15 nitrogen and oxygen atoms in total. The maximum atomic E-state index is 13.6. The van der Waals surface area contributed by atoms with Crippen LogP contribution in [0.2, 0.25) is 0 Å². The molecule has 1 saturated heterocycles. The van der Waals surface area contributed by atoms with Crippen molar-refractivity contribution in [3.63, 3.8) is 0 Å². The number of carboxylic acid groups (broad SMARTS) is 1. The van der Waals surface area contributed by atoms with Gasteiger partial charge >= 0.3 is 12.1 Å². The Bertz CT molecular complexity index is 1510. The molecule has 3 N–H and O–H groups in total. The average molecular weight is 616 g/mol. The minimum atomic E-state index is -1.30. The number of methoxy groups -OCH3 is 1. The van der Waals surface area contributed by atoms with E-state index in [9.17, 15) is 24.3 Å². The zero-order chi connectivity index (χ0) is 29.8. The number of nitrogens with one attached hydrogen (secondary N) is 2. The monoisotopic (exact) mass is 615 g/mol. The first-order valence-corrected chi connectivity index (χ1v) is 14.4. The number of aromatic nitrogens is 4. The van der Waals surface area contributed by atoms with Crippen molar-refractivity contribution < 1.29 is 38.2 Å². The van der Waals surface area contributed by atoms with Gasteiger partial charge in [-0.3, -0.25) is 14.5 Å². The molecule has 0 radical (unpaired) electrons. The molecule has 3 unspecified atom stereocenters. The van der Waals surface area contributed by atoms with Gasteiger partial charge in [0.15, 0.2) is 6.04 Å². The summed E-state index contributed by atoms with van der Waals surface area (Å²) in [7, 11) is 3.17. The molecule has 0 aliphatic carbocycles. The smallest absolute Gasteiger partial charge is 0.408 e. The molecule has 1 fully saturated rings. The lowest BCUT2D eigenvalue weighted by Gasteiger charge is -2.46. The predicted octanol–water partition coefficient (Wildman–Crippen LogP) is 1.66. The van der Waals surface area contributed by atoms with Gasteiger partial charge in [-0.05, 0) is 40.3 Å². The summed E-state index contributed by atoms with van der Waals surface area (Å²) in [5.74, 6) is -1.45. The van der Waals surface area contributed by atoms with Gasteiger partial charge in [0.2, 0.25) is 11.1 Å². The molecular weight excluding hydrogens is 590 g/mol. The largest absolute Gasteiger partial charge is 0.497 e. The number of rotatable bonds is 11. The van der Waals surface area contributed by atoms with Gasteiger partial charge in [-0.25, -0.2) is 14.3 Å². The third-order valence-electron chi connectivity index (χ3n) is 6.36. The number of tetrazole rings is 1. The van der Waals surface area contributed by atoms with Gasteiger partial charge < -0.3 is 29.6 Å². The predicted molar refractivity (Wildman–Crippen MR) is 147 cm³/mol. The Balaban J connectivity index is 1.33. The van der Waals surface area contributed by atoms with Crippen LogP contribution in [0, 0.1) is 0 Å². The topological polar surface area (TPSA) is 191 Å². The number of furan rings is 1. The Kier molecular flexibility index (Phi) is 8.67. The zero-order valence-corrected chi connectivity index (χ0v) is 23.9. The quantitative estimate of drug-likeness (QED) is 0.209. The number of benzene rings is 1. The number of fused-ring (bicyclic) bond motifs is 1. The SMILES string of the molecule is COc1ccc(COC(=O)NC(C(=O)NC2SC3CC(=O)N3C(C(=O)O)=C2CSc2nnnn2C)c2ccco2)cc1. The van der Waals surface area contributed by atoms with E-state index in [1.807, 2.05) is 0 Å². The molecule has 2 aromatic heterocycles. The lowest BCUT2D eigenvalue weighted by atomic mass is 10.1. The van der Waals surface area contributed by atoms with Crippen LogP contribution in [0.15, 0.2) is 63.5 Å². The first-order chi connectivity index (χ1) is 20.2. The standard InChI is InChI=1S/C25H25N7O8S2/c1-31-24(28-29-30-31)41-12-15-20(23(35)36)32-17(33)10-18(32)42-22(15)27-21(34)19(16-4-3-9-39-16)26-25(37)40-11-13-5-7-14(38-2)8-6-13/h3-9,18-19,22H,10-12H2,1-2H3,(H,26,37)(H,27,34)(H,35,36). The second-order valence-electron chi connectivity index (χ2n) is 9.02. The summed E-state index contributed by atoms with van der Waals surface area (Å²) >= 11 is 2.37. The number of hydrogen-bond acceptors (Lipinski definition) is 12. The number of carboxylic acids is 1. The van der Waals surface area contributed by atoms with E-state index < -0.39 is 34.8 Å². The van der Waals surface area contributed by atoms with Crippen molar-refractivity contribution in [2.24, 2.45) is 7.05 Å². The summed E-state index contributed by atoms with van der Waals surface area (Å²) in [5.41, 5.74) is 0.775. The highest BCUT2D eigenvalue weighted by molar-refractivity contribution is 8.01. The molecule has 2 aliphatic heterocycles. The molecule has 42 heavy (non-hydrogen) atoms. The average Bonchev–Trinajstić information content (AvgIpc) is 3.65. The molecule has 5 rings (SSSR count). The third-order valence-corrected chi connectivity index (χ3v) is 8.78. The number of amides is 3. The van der Waals surface area contributed by atoms with Crippen molar-refractivity contribution in [2.45, 2.75) is 35.0 Å². The second-order valence-corrected chi connectivity index (χ2v) is 11.2. The Morgan fingerprint density at radius 3 is 2.67 bits per heavy atom. The number of nitrogens with zero attached hydrogens (tertiary/aromatic N) is 5. The maximum absolute atomic E-state index is 13.6. The van der Waals surface area contributed by atoms with E-state index in [2.05, 4.69) is 26.2 Å². The van der Waals surface area contributed by atoms with Crippen LogP contribution in [-0.4, -0.2) is 77.7 Å². The first-order valence-electron chi connectivity index (χ1n) is 12.4. The minimum absolute atomic E-state index is 0.0602. The summed E-state index contributed by atoms with van der Waals surface area (Å²) in [4.78, 5) is 52.2. The van der Waals surface area contributed by atoms with Crippen molar-refractivity contribution in [1.82, 2.24) is 35.7 Å². The molecule has 0 saturated carbocycles. The molecule has 2 aliphatic rings. The van der Waals surface area contributed by atoms with Gasteiger partial charge in [0.25, 0.3) is 5.91 Å². The molecule has 0 bridgehead atoms. The Morgan fingerprint density at radius 1 is 1.26 bits per heavy atom. The number of β-lactam (4-membered cyclic amide) rings is 1. The third kappa shape index (κ3) is 6.20. The molecule has 1 aromatic carbocycles. The van der Waals surface area contributed by atoms with Crippen molar-refractivity contribution in [1.29, 1.82) is 0 Å². The Labute approximate surface area is 247 Å². The fraction of sp³-hybridized carbons (Fsp3) is 0.320. The molecule has 3 atom stereocenters. The fourth-order valence-corrected chi connectivity index (χ4v) is 6.69. The number of carbonyl (C=O) groups excluding carboxylic acids is 3. The van der Waals surface area contributed by atoms with Crippen LogP contribution in [0.1, 0.15) is 23.8 Å². The molecule has 0 spiro atoms. The lowest BCUT2D eigenvalue weighted by molar-refractivity contribution is -0.146. The van der Waals surface area contributed by atoms with E-state index in [0.29, 0.717) is 16.5 Å². The lowest BCUT2D eigenvalue weighted by Crippen LogP contribution is -2.58. The van der Waals surface area contributed by atoms with Crippen LogP contribution in [0.25, 0.3) is 0 Å². The summed E-state index contributed by atoms with van der Waals surface area (Å²) in [6.45, 7) is -0.0602. The highest BCUT2D eigenvalue weighted by Gasteiger charge is 2.49. The van der Waals surface area contributed by atoms with Gasteiger partial charge in [0.1, 0.15) is 29.2 Å². The summed E-state index contributed by atoms with van der Waals surface area (Å²) in [5, 5.41) is 25.7. The van der Waals surface area contributed by atoms with Gasteiger partial charge in [0, 0.05) is 18.4 Å². The molecule has 3 aromatic rings. The van der Waals surface area contributed by atoms with E-state index in [1.165, 1.54) is 33.7 Å². The summed E-state index contributed by atoms with van der Waals surface area (Å²) < 4.78 is 17.3. The van der Waals surface area contributed by atoms with Crippen molar-refractivity contribution in [3.8, 4) is 5.75 Å². The number of aliphatic carboxylic acids is 1. The molecule has 220 valence electrons. The van der Waals surface area contributed by atoms with Gasteiger partial charge in [-0.1, -0.05) is 23.9 Å². The first kappa shape index (κ1) is 29.0. The second kappa shape index (κ2) is 12.6. The van der Waals surface area contributed by atoms with Crippen LogP contribution in [0.3, 0.4) is 0 Å². The molecule has 17 heteroatoms. The van der Waals surface area contributed by atoms with Crippen LogP contribution in [0.5, 0.6) is 5.75 Å². The van der Waals surface area contributed by atoms with Gasteiger partial charge in [0.05, 0.1) is 25.2 Å². The van der Waals surface area contributed by atoms with Gasteiger partial charge in [-0.15, -0.1) is 16.9 Å². The maximum Gasteiger partial charge on any atom is 0.408 e. The van der Waals surface area contributed by atoms with Crippen LogP contribution < -0.4 is 15.4 Å². The minimum Gasteiger partial charge on any atom is -0.497 e. The summed E-state index contributed by atoms with van der Waals surface area (Å²) in [6, 6.07) is 8.71. The number of alkyl carbamates (subject to hydrolysis) is 1. The molecule has 3 amide bonds. The van der Waals surface area contributed by atoms with Crippen LogP contribution in [0.4, 0.5) is 4.79 Å². The van der Waals surface area contributed by atoms with E-state index in [1.54, 1.807) is 44.5 Å². The van der Waals surface area contributed by atoms with Crippen molar-refractivity contribution in [3.05, 3.63) is 65.3 Å². The molecule has 4 heterocycles. The van der Waals surface area contributed by atoms with Gasteiger partial charge in [-0.2, -0.15) is 0 Å². The number of hydrogen-bond donors (Lipinski definition) is 3.